The first kappa shape index (κ1) is 21.3. The second kappa shape index (κ2) is 9.94. The van der Waals surface area contributed by atoms with Gasteiger partial charge in [0.1, 0.15) is 5.82 Å². The van der Waals surface area contributed by atoms with Gasteiger partial charge in [-0.15, -0.1) is 23.1 Å². The summed E-state index contributed by atoms with van der Waals surface area (Å²) in [5.41, 5.74) is 3.07. The van der Waals surface area contributed by atoms with Gasteiger partial charge in [0, 0.05) is 15.5 Å². The van der Waals surface area contributed by atoms with Gasteiger partial charge in [-0.3, -0.25) is 4.79 Å². The van der Waals surface area contributed by atoms with Crippen LogP contribution in [-0.2, 0) is 5.75 Å². The number of amides is 1. The van der Waals surface area contributed by atoms with Gasteiger partial charge < -0.3 is 5.32 Å². The number of hydrogen-bond acceptors (Lipinski definition) is 3. The molecule has 0 spiro atoms. The summed E-state index contributed by atoms with van der Waals surface area (Å²) in [6.07, 6.45) is 0. The zero-order valence-corrected chi connectivity index (χ0v) is 18.7. The summed E-state index contributed by atoms with van der Waals surface area (Å²) in [5.74, 6) is 0.473. The molecule has 5 heteroatoms. The number of benzene rings is 3. The standard InChI is InChI=1S/C26H22FNOS2/c1-18-7-16-24(31-18)26(29)28-25(20-8-12-22(27)13-9-20)21-10-14-23(15-11-21)30-17-19-5-3-2-4-6-19/h2-16,25H,17H2,1H3,(H,28,29). The number of hydrogen-bond donors (Lipinski definition) is 1. The van der Waals surface area contributed by atoms with Gasteiger partial charge in [0.15, 0.2) is 0 Å². The van der Waals surface area contributed by atoms with E-state index in [4.69, 9.17) is 0 Å². The maximum absolute atomic E-state index is 13.5. The van der Waals surface area contributed by atoms with Crippen LogP contribution >= 0.6 is 23.1 Å². The van der Waals surface area contributed by atoms with Crippen LogP contribution in [0.4, 0.5) is 4.39 Å². The summed E-state index contributed by atoms with van der Waals surface area (Å²) in [7, 11) is 0. The van der Waals surface area contributed by atoms with Crippen LogP contribution < -0.4 is 5.32 Å². The summed E-state index contributed by atoms with van der Waals surface area (Å²) in [5, 5.41) is 3.12. The van der Waals surface area contributed by atoms with E-state index in [1.54, 1.807) is 23.9 Å². The molecule has 156 valence electrons. The maximum Gasteiger partial charge on any atom is 0.262 e. The molecule has 0 aliphatic carbocycles. The number of thiophene rings is 1. The molecule has 3 aromatic carbocycles. The molecular formula is C26H22FNOS2. The largest absolute Gasteiger partial charge is 0.340 e. The van der Waals surface area contributed by atoms with Crippen molar-refractivity contribution in [2.75, 3.05) is 0 Å². The van der Waals surface area contributed by atoms with Crippen molar-refractivity contribution in [1.82, 2.24) is 5.32 Å². The lowest BCUT2D eigenvalue weighted by Gasteiger charge is -2.20. The molecule has 4 aromatic rings. The van der Waals surface area contributed by atoms with Gasteiger partial charge in [-0.1, -0.05) is 54.6 Å². The first-order valence-electron chi connectivity index (χ1n) is 9.98. The van der Waals surface area contributed by atoms with Crippen molar-refractivity contribution in [3.63, 3.8) is 0 Å². The van der Waals surface area contributed by atoms with Crippen LogP contribution in [0.5, 0.6) is 0 Å². The van der Waals surface area contributed by atoms with Crippen molar-refractivity contribution in [3.8, 4) is 0 Å². The van der Waals surface area contributed by atoms with E-state index in [1.165, 1.54) is 29.0 Å². The first-order chi connectivity index (χ1) is 15.1. The van der Waals surface area contributed by atoms with Crippen molar-refractivity contribution in [2.24, 2.45) is 0 Å². The Morgan fingerprint density at radius 1 is 0.903 bits per heavy atom. The Morgan fingerprint density at radius 2 is 1.55 bits per heavy atom. The van der Waals surface area contributed by atoms with Crippen molar-refractivity contribution < 1.29 is 9.18 Å². The molecule has 0 fully saturated rings. The molecular weight excluding hydrogens is 425 g/mol. The van der Waals surface area contributed by atoms with E-state index in [-0.39, 0.29) is 17.8 Å². The summed E-state index contributed by atoms with van der Waals surface area (Å²) >= 11 is 3.23. The minimum atomic E-state index is -0.358. The lowest BCUT2D eigenvalue weighted by atomic mass is 9.98. The molecule has 0 saturated heterocycles. The third kappa shape index (κ3) is 5.63. The molecule has 0 radical (unpaired) electrons. The minimum absolute atomic E-state index is 0.130. The molecule has 1 N–H and O–H groups in total. The summed E-state index contributed by atoms with van der Waals surface area (Å²) in [6, 6.07) is 28.2. The predicted molar refractivity (Wildman–Crippen MR) is 127 cm³/mol. The number of carbonyl (C=O) groups excluding carboxylic acids is 1. The van der Waals surface area contributed by atoms with Crippen molar-refractivity contribution >= 4 is 29.0 Å². The number of rotatable bonds is 7. The molecule has 0 bridgehead atoms. The topological polar surface area (TPSA) is 29.1 Å². The van der Waals surface area contributed by atoms with E-state index in [1.807, 2.05) is 49.4 Å². The highest BCUT2D eigenvalue weighted by atomic mass is 32.2. The molecule has 0 saturated carbocycles. The second-order valence-corrected chi connectivity index (χ2v) is 9.55. The molecule has 0 aliphatic heterocycles. The quantitative estimate of drug-likeness (QED) is 0.309. The van der Waals surface area contributed by atoms with Crippen LogP contribution in [0.15, 0.2) is 95.9 Å². The molecule has 1 amide bonds. The highest BCUT2D eigenvalue weighted by Gasteiger charge is 2.19. The fourth-order valence-electron chi connectivity index (χ4n) is 3.27. The number of nitrogens with one attached hydrogen (secondary N) is 1. The first-order valence-corrected chi connectivity index (χ1v) is 11.8. The van der Waals surface area contributed by atoms with Gasteiger partial charge in [-0.2, -0.15) is 0 Å². The molecule has 0 aliphatic rings. The van der Waals surface area contributed by atoms with Crippen molar-refractivity contribution in [2.45, 2.75) is 23.6 Å². The number of aryl methyl sites for hydroxylation is 1. The van der Waals surface area contributed by atoms with Crippen LogP contribution in [0.25, 0.3) is 0 Å². The summed E-state index contributed by atoms with van der Waals surface area (Å²) in [6.45, 7) is 1.98. The van der Waals surface area contributed by atoms with Crippen LogP contribution in [0.1, 0.15) is 37.3 Å². The molecule has 1 heterocycles. The van der Waals surface area contributed by atoms with Crippen LogP contribution in [-0.4, -0.2) is 5.91 Å². The third-order valence-electron chi connectivity index (χ3n) is 4.90. The zero-order valence-electron chi connectivity index (χ0n) is 17.0. The normalized spacial score (nSPS) is 11.8. The highest BCUT2D eigenvalue weighted by molar-refractivity contribution is 7.98. The Balaban J connectivity index is 1.54. The fourth-order valence-corrected chi connectivity index (χ4v) is 4.90. The lowest BCUT2D eigenvalue weighted by Crippen LogP contribution is -2.28. The molecule has 1 aromatic heterocycles. The Hall–Kier alpha value is -2.89. The number of thioether (sulfide) groups is 1. The van der Waals surface area contributed by atoms with Gasteiger partial charge >= 0.3 is 0 Å². The molecule has 2 nitrogen and oxygen atoms in total. The number of halogens is 1. The SMILES string of the molecule is Cc1ccc(C(=O)NC(c2ccc(F)cc2)c2ccc(SCc3ccccc3)cc2)s1. The van der Waals surface area contributed by atoms with E-state index in [0.29, 0.717) is 4.88 Å². The molecule has 1 atom stereocenters. The average Bonchev–Trinajstić information content (AvgIpc) is 3.24. The molecule has 4 rings (SSSR count). The lowest BCUT2D eigenvalue weighted by molar-refractivity contribution is 0.0947. The Labute approximate surface area is 190 Å². The summed E-state index contributed by atoms with van der Waals surface area (Å²) in [4.78, 5) is 15.7. The van der Waals surface area contributed by atoms with E-state index in [9.17, 15) is 9.18 Å². The number of carbonyl (C=O) groups is 1. The van der Waals surface area contributed by atoms with E-state index in [2.05, 4.69) is 29.6 Å². The van der Waals surface area contributed by atoms with Gasteiger partial charge in [0.05, 0.1) is 10.9 Å². The Kier molecular flexibility index (Phi) is 6.85. The van der Waals surface area contributed by atoms with E-state index in [0.717, 1.165) is 26.7 Å². The molecule has 31 heavy (non-hydrogen) atoms. The van der Waals surface area contributed by atoms with Crippen LogP contribution in [0.3, 0.4) is 0 Å². The van der Waals surface area contributed by atoms with E-state index < -0.39 is 0 Å². The second-order valence-electron chi connectivity index (χ2n) is 7.21. The van der Waals surface area contributed by atoms with Crippen molar-refractivity contribution in [3.05, 3.63) is 123 Å². The highest BCUT2D eigenvalue weighted by Crippen LogP contribution is 2.28. The van der Waals surface area contributed by atoms with Gasteiger partial charge in [-0.25, -0.2) is 4.39 Å². The van der Waals surface area contributed by atoms with Crippen molar-refractivity contribution in [1.29, 1.82) is 0 Å². The van der Waals surface area contributed by atoms with E-state index >= 15 is 0 Å². The predicted octanol–water partition coefficient (Wildman–Crippen LogP) is 7.01. The van der Waals surface area contributed by atoms with Gasteiger partial charge in [-0.05, 0) is 60.0 Å². The minimum Gasteiger partial charge on any atom is -0.340 e. The monoisotopic (exact) mass is 447 g/mol. The fraction of sp³-hybridized carbons (Fsp3) is 0.115. The zero-order chi connectivity index (χ0) is 21.6. The van der Waals surface area contributed by atoms with Crippen LogP contribution in [0, 0.1) is 12.7 Å². The summed E-state index contributed by atoms with van der Waals surface area (Å²) < 4.78 is 13.5. The average molecular weight is 448 g/mol. The maximum atomic E-state index is 13.5. The Morgan fingerprint density at radius 3 is 2.16 bits per heavy atom. The van der Waals surface area contributed by atoms with Gasteiger partial charge in [0.25, 0.3) is 5.91 Å². The third-order valence-corrected chi connectivity index (χ3v) is 6.99. The molecule has 1 unspecified atom stereocenters. The smallest absolute Gasteiger partial charge is 0.262 e. The van der Waals surface area contributed by atoms with Gasteiger partial charge in [0.2, 0.25) is 0 Å². The van der Waals surface area contributed by atoms with Crippen LogP contribution in [0.2, 0.25) is 0 Å². The Bertz CT molecular complexity index is 1140.